The van der Waals surface area contributed by atoms with Crippen molar-refractivity contribution in [3.8, 4) is 0 Å². The zero-order valence-electron chi connectivity index (χ0n) is 31.6. The highest BCUT2D eigenvalue weighted by atomic mass is 32.2. The number of rotatable bonds is 12. The Hall–Kier alpha value is -3.34. The minimum atomic E-state index is -1.97. The van der Waals surface area contributed by atoms with Gasteiger partial charge in [-0.1, -0.05) is 6.08 Å². The number of aliphatic hydroxyl groups is 8. The summed E-state index contributed by atoms with van der Waals surface area (Å²) in [6.45, 7) is -2.25. The molecule has 0 saturated carbocycles. The fraction of sp³-hybridized carbons (Fsp3) is 0.667. The van der Waals surface area contributed by atoms with Gasteiger partial charge in [-0.15, -0.1) is 0 Å². The summed E-state index contributed by atoms with van der Waals surface area (Å²) in [6.07, 6.45) is -14.7. The molecule has 8 N–H and O–H groups in total. The molecule has 18 atom stereocenters. The Bertz CT molecular complexity index is 1780. The van der Waals surface area contributed by atoms with Crippen LogP contribution in [-0.2, 0) is 57.0 Å². The molecule has 5 aliphatic heterocycles. The first-order chi connectivity index (χ1) is 28.7. The Kier molecular flexibility index (Phi) is 13.8. The molecule has 0 aromatic heterocycles. The smallest absolute Gasteiger partial charge is 0.367 e. The van der Waals surface area contributed by atoms with Crippen molar-refractivity contribution in [1.29, 1.82) is 0 Å². The van der Waals surface area contributed by atoms with Gasteiger partial charge in [-0.05, 0) is 53.3 Å². The molecule has 5 heterocycles. The highest BCUT2D eigenvalue weighted by Crippen LogP contribution is 2.50. The van der Waals surface area contributed by atoms with Gasteiger partial charge in [0.2, 0.25) is 18.9 Å². The van der Waals surface area contributed by atoms with E-state index in [4.69, 9.17) is 47.4 Å². The molecule has 0 amide bonds. The second kappa shape index (κ2) is 18.6. The summed E-state index contributed by atoms with van der Waals surface area (Å²) in [5, 5.41) is 83.2. The molecule has 0 aromatic rings. The molecule has 3 fully saturated rings. The van der Waals surface area contributed by atoms with Gasteiger partial charge in [-0.2, -0.15) is 0 Å². The Balaban J connectivity index is 1.14. The molecule has 2 aliphatic carbocycles. The van der Waals surface area contributed by atoms with Gasteiger partial charge in [-0.3, -0.25) is 0 Å². The van der Waals surface area contributed by atoms with E-state index in [0.717, 1.165) is 36.0 Å². The predicted molar refractivity (Wildman–Crippen MR) is 195 cm³/mol. The van der Waals surface area contributed by atoms with E-state index in [2.05, 4.69) is 0 Å². The molecule has 0 spiro atoms. The number of carbonyl (C=O) groups is 4. The lowest BCUT2D eigenvalue weighted by molar-refractivity contribution is -0.342. The summed E-state index contributed by atoms with van der Waals surface area (Å²) in [4.78, 5) is 50.8. The summed E-state index contributed by atoms with van der Waals surface area (Å²) in [5.74, 6) is -5.84. The number of esters is 2. The first-order valence-electron chi connectivity index (χ1n) is 18.6. The number of hydrogen-bond donors (Lipinski definition) is 8. The van der Waals surface area contributed by atoms with Gasteiger partial charge in [0.1, 0.15) is 62.0 Å². The Morgan fingerprint density at radius 3 is 1.83 bits per heavy atom. The van der Waals surface area contributed by atoms with Crippen LogP contribution in [0.2, 0.25) is 0 Å². The van der Waals surface area contributed by atoms with Gasteiger partial charge in [0.05, 0.1) is 54.8 Å². The topological polar surface area (TPSA) is 322 Å². The maximum Gasteiger partial charge on any atom is 0.367 e. The van der Waals surface area contributed by atoms with E-state index in [9.17, 15) is 60.0 Å². The van der Waals surface area contributed by atoms with Gasteiger partial charge < -0.3 is 88.2 Å². The zero-order chi connectivity index (χ0) is 43.2. The number of fused-ring (bicyclic) bond motifs is 1. The third-order valence-electron chi connectivity index (χ3n) is 11.3. The molecule has 60 heavy (non-hydrogen) atoms. The van der Waals surface area contributed by atoms with Crippen molar-refractivity contribution in [3.05, 3.63) is 47.0 Å². The largest absolute Gasteiger partial charge is 0.471 e. The molecule has 0 bridgehead atoms. The number of ether oxygens (including phenoxy) is 10. The van der Waals surface area contributed by atoms with Crippen LogP contribution < -0.4 is 0 Å². The SMILES string of the molecule is CSC(=O)OCC1=C[C@@H]2OC(=O)C3=CO[C@@H](O[C@@H]4O[C@H](CO)[C@@H](O)[C@H](O)[C@H]4OC(=O)C4=CO[C@@H](O[C@@H]5O[C@H](CO)[C@@H](O)[C@@H](O)[C@H]5O)[C@@H]5C(COC(=O)SC)=C[C@H](O)[C@H]45)[C@H]1[C@@H]32. The normalized spacial score (nSPS) is 41.6. The molecule has 332 valence electrons. The van der Waals surface area contributed by atoms with Gasteiger partial charge in [-0.25, -0.2) is 19.2 Å². The summed E-state index contributed by atoms with van der Waals surface area (Å²) in [6, 6.07) is 0. The van der Waals surface area contributed by atoms with Crippen LogP contribution in [0.1, 0.15) is 0 Å². The number of thioether (sulfide) groups is 2. The molecule has 7 rings (SSSR count). The molecule has 7 aliphatic rings. The number of aliphatic hydroxyl groups excluding tert-OH is 8. The van der Waals surface area contributed by atoms with Crippen molar-refractivity contribution in [1.82, 2.24) is 0 Å². The number of carbonyl (C=O) groups excluding carboxylic acids is 4. The van der Waals surface area contributed by atoms with Crippen molar-refractivity contribution in [3.63, 3.8) is 0 Å². The summed E-state index contributed by atoms with van der Waals surface area (Å²) >= 11 is 1.59. The summed E-state index contributed by atoms with van der Waals surface area (Å²) in [5.41, 5.74) is 0.458. The van der Waals surface area contributed by atoms with Crippen LogP contribution in [-0.4, -0.2) is 189 Å². The minimum Gasteiger partial charge on any atom is -0.471 e. The molecule has 0 radical (unpaired) electrons. The van der Waals surface area contributed by atoms with Crippen LogP contribution >= 0.6 is 23.5 Å². The lowest BCUT2D eigenvalue weighted by Crippen LogP contribution is -2.61. The van der Waals surface area contributed by atoms with Crippen LogP contribution in [0.25, 0.3) is 0 Å². The van der Waals surface area contributed by atoms with Crippen molar-refractivity contribution in [2.75, 3.05) is 38.9 Å². The van der Waals surface area contributed by atoms with E-state index in [0.29, 0.717) is 5.57 Å². The van der Waals surface area contributed by atoms with Crippen LogP contribution in [0.5, 0.6) is 0 Å². The van der Waals surface area contributed by atoms with E-state index in [1.54, 1.807) is 6.08 Å². The van der Waals surface area contributed by atoms with Crippen LogP contribution in [0, 0.1) is 23.7 Å². The maximum absolute atomic E-state index is 14.2. The average molecular weight is 893 g/mol. The second-order valence-corrected chi connectivity index (χ2v) is 16.1. The molecular weight excluding hydrogens is 849 g/mol. The zero-order valence-corrected chi connectivity index (χ0v) is 33.3. The van der Waals surface area contributed by atoms with Crippen molar-refractivity contribution in [2.24, 2.45) is 23.7 Å². The van der Waals surface area contributed by atoms with Crippen LogP contribution in [0.4, 0.5) is 9.59 Å². The van der Waals surface area contributed by atoms with E-state index < -0.39 is 152 Å². The highest BCUT2D eigenvalue weighted by Gasteiger charge is 2.58. The fourth-order valence-corrected chi connectivity index (χ4v) is 8.65. The van der Waals surface area contributed by atoms with Gasteiger partial charge in [0.25, 0.3) is 0 Å². The minimum absolute atomic E-state index is 0.183. The van der Waals surface area contributed by atoms with Crippen molar-refractivity contribution < 1.29 is 107 Å². The summed E-state index contributed by atoms with van der Waals surface area (Å²) < 4.78 is 56.7. The van der Waals surface area contributed by atoms with Crippen molar-refractivity contribution >= 4 is 46.1 Å². The lowest BCUT2D eigenvalue weighted by Gasteiger charge is -2.44. The van der Waals surface area contributed by atoms with E-state index in [1.165, 1.54) is 18.6 Å². The highest BCUT2D eigenvalue weighted by molar-refractivity contribution is 8.12. The molecular formula is C36H44O22S2. The Morgan fingerprint density at radius 1 is 0.667 bits per heavy atom. The Labute approximate surface area is 348 Å². The third kappa shape index (κ3) is 8.43. The third-order valence-corrected chi connectivity index (χ3v) is 12.2. The molecule has 3 saturated heterocycles. The summed E-state index contributed by atoms with van der Waals surface area (Å²) in [7, 11) is 0. The molecule has 24 heteroatoms. The molecule has 0 aromatic carbocycles. The monoisotopic (exact) mass is 892 g/mol. The van der Waals surface area contributed by atoms with Crippen LogP contribution in [0.3, 0.4) is 0 Å². The second-order valence-electron chi connectivity index (χ2n) is 14.6. The van der Waals surface area contributed by atoms with Crippen molar-refractivity contribution in [2.45, 2.75) is 86.2 Å². The first kappa shape index (κ1) is 44.7. The quantitative estimate of drug-likeness (QED) is 0.0561. The predicted octanol–water partition coefficient (Wildman–Crippen LogP) is -2.72. The van der Waals surface area contributed by atoms with E-state index in [-0.39, 0.29) is 23.3 Å². The van der Waals surface area contributed by atoms with E-state index in [1.807, 2.05) is 0 Å². The average Bonchev–Trinajstić information content (AvgIpc) is 3.89. The van der Waals surface area contributed by atoms with Crippen LogP contribution in [0.15, 0.2) is 47.0 Å². The van der Waals surface area contributed by atoms with Gasteiger partial charge >= 0.3 is 22.5 Å². The fourth-order valence-electron chi connectivity index (χ4n) is 8.30. The Morgan fingerprint density at radius 2 is 1.22 bits per heavy atom. The standard InChI is InChI=1S/C36H44O22S2/c1-59-35(47)51-7-11-3-15(39)21-13(9-49-31(19(11)21)57-33-27(44)25(42)23(40)17(5-37)54-33)30(46)56-28-26(43)24(41)18(6-38)55-34(28)58-32-20-12(8-52-36(48)60-2)4-16-22(20)14(10-50-32)29(45)53-16/h3-4,9-10,15-28,31-34,37-44H,5-8H2,1-2H3/t15-,16-,17+,18+,19+,20+,21-,22-,23+,24+,25+,26-,27+,28+,31-,32-,33-,34-/m0/s1. The first-order valence-corrected chi connectivity index (χ1v) is 21.0. The maximum atomic E-state index is 14.2. The van der Waals surface area contributed by atoms with E-state index >= 15 is 0 Å². The van der Waals surface area contributed by atoms with Gasteiger partial charge in [0, 0.05) is 11.8 Å². The molecule has 0 unspecified atom stereocenters. The van der Waals surface area contributed by atoms with Gasteiger partial charge in [0.15, 0.2) is 12.4 Å². The molecule has 22 nitrogen and oxygen atoms in total. The number of hydrogen-bond acceptors (Lipinski definition) is 24. The lowest BCUT2D eigenvalue weighted by atomic mass is 9.82.